The van der Waals surface area contributed by atoms with Gasteiger partial charge in [-0.3, -0.25) is 0 Å². The first kappa shape index (κ1) is 13.4. The molecular formula is C11H21N3OS. The molecule has 0 aliphatic rings. The quantitative estimate of drug-likeness (QED) is 0.806. The minimum Gasteiger partial charge on any atom is -0.388 e. The lowest BCUT2D eigenvalue weighted by Crippen LogP contribution is -2.33. The maximum Gasteiger partial charge on any atom is 0.202 e. The van der Waals surface area contributed by atoms with Crippen LogP contribution >= 0.6 is 11.5 Å². The smallest absolute Gasteiger partial charge is 0.202 e. The van der Waals surface area contributed by atoms with Crippen molar-refractivity contribution in [3.8, 4) is 0 Å². The first-order chi connectivity index (χ1) is 7.44. The molecule has 0 aromatic carbocycles. The number of rotatable bonds is 6. The monoisotopic (exact) mass is 243 g/mol. The molecular weight excluding hydrogens is 222 g/mol. The van der Waals surface area contributed by atoms with Crippen molar-refractivity contribution in [1.29, 1.82) is 0 Å². The molecule has 1 aromatic heterocycles. The normalized spacial score (nSPS) is 15.1. The standard InChI is InChI=1S/C11H21N3OS/c1-5-6-11(4,15)7-12-10-13-9(8(2)3)14-16-10/h8,15H,5-7H2,1-4H3,(H,12,13,14). The average molecular weight is 243 g/mol. The van der Waals surface area contributed by atoms with E-state index in [1.807, 2.05) is 6.92 Å². The summed E-state index contributed by atoms with van der Waals surface area (Å²) in [7, 11) is 0. The second kappa shape index (κ2) is 5.59. The third kappa shape index (κ3) is 4.06. The highest BCUT2D eigenvalue weighted by molar-refractivity contribution is 7.09. The van der Waals surface area contributed by atoms with Gasteiger partial charge in [0, 0.05) is 24.0 Å². The Morgan fingerprint density at radius 1 is 1.50 bits per heavy atom. The summed E-state index contributed by atoms with van der Waals surface area (Å²) >= 11 is 1.35. The Kier molecular flexibility index (Phi) is 4.68. The van der Waals surface area contributed by atoms with Crippen molar-refractivity contribution in [2.45, 2.75) is 52.1 Å². The average Bonchev–Trinajstić information content (AvgIpc) is 2.63. The molecule has 16 heavy (non-hydrogen) atoms. The molecule has 2 N–H and O–H groups in total. The summed E-state index contributed by atoms with van der Waals surface area (Å²) in [4.78, 5) is 4.36. The van der Waals surface area contributed by atoms with Crippen molar-refractivity contribution in [2.24, 2.45) is 0 Å². The molecule has 0 spiro atoms. The summed E-state index contributed by atoms with van der Waals surface area (Å²) in [6.45, 7) is 8.57. The van der Waals surface area contributed by atoms with Gasteiger partial charge in [-0.15, -0.1) is 0 Å². The van der Waals surface area contributed by atoms with Gasteiger partial charge < -0.3 is 10.4 Å². The van der Waals surface area contributed by atoms with Gasteiger partial charge in [0.15, 0.2) is 0 Å². The number of aliphatic hydroxyl groups is 1. The van der Waals surface area contributed by atoms with Crippen LogP contribution in [0.15, 0.2) is 0 Å². The van der Waals surface area contributed by atoms with Crippen molar-refractivity contribution in [2.75, 3.05) is 11.9 Å². The van der Waals surface area contributed by atoms with E-state index in [0.29, 0.717) is 12.5 Å². The van der Waals surface area contributed by atoms with E-state index in [1.165, 1.54) is 11.5 Å². The fourth-order valence-corrected chi connectivity index (χ4v) is 2.14. The molecule has 0 fully saturated rings. The minimum absolute atomic E-state index is 0.350. The Balaban J connectivity index is 2.48. The fraction of sp³-hybridized carbons (Fsp3) is 0.818. The van der Waals surface area contributed by atoms with E-state index in [0.717, 1.165) is 23.8 Å². The molecule has 1 aromatic rings. The van der Waals surface area contributed by atoms with Gasteiger partial charge >= 0.3 is 0 Å². The molecule has 0 amide bonds. The van der Waals surface area contributed by atoms with Crippen LogP contribution in [-0.2, 0) is 0 Å². The van der Waals surface area contributed by atoms with E-state index < -0.39 is 5.60 Å². The highest BCUT2D eigenvalue weighted by Crippen LogP contribution is 2.19. The van der Waals surface area contributed by atoms with Crippen LogP contribution in [0.1, 0.15) is 52.3 Å². The number of aromatic nitrogens is 2. The van der Waals surface area contributed by atoms with E-state index in [4.69, 9.17) is 0 Å². The summed E-state index contributed by atoms with van der Waals surface area (Å²) in [6.07, 6.45) is 1.76. The molecule has 5 heteroatoms. The molecule has 1 unspecified atom stereocenters. The summed E-state index contributed by atoms with van der Waals surface area (Å²) in [5.41, 5.74) is -0.668. The van der Waals surface area contributed by atoms with Gasteiger partial charge in [0.1, 0.15) is 5.82 Å². The third-order valence-electron chi connectivity index (χ3n) is 2.37. The van der Waals surface area contributed by atoms with Crippen LogP contribution < -0.4 is 5.32 Å². The molecule has 0 aliphatic carbocycles. The maximum absolute atomic E-state index is 9.99. The topological polar surface area (TPSA) is 58.0 Å². The van der Waals surface area contributed by atoms with Crippen LogP contribution in [-0.4, -0.2) is 26.6 Å². The second-order valence-electron chi connectivity index (χ2n) is 4.71. The second-order valence-corrected chi connectivity index (χ2v) is 5.46. The van der Waals surface area contributed by atoms with E-state index in [-0.39, 0.29) is 0 Å². The van der Waals surface area contributed by atoms with E-state index in [1.54, 1.807) is 0 Å². The van der Waals surface area contributed by atoms with Crippen LogP contribution in [0.2, 0.25) is 0 Å². The number of hydrogen-bond acceptors (Lipinski definition) is 5. The molecule has 0 saturated heterocycles. The minimum atomic E-state index is -0.668. The fourth-order valence-electron chi connectivity index (χ4n) is 1.43. The van der Waals surface area contributed by atoms with Crippen LogP contribution in [0.5, 0.6) is 0 Å². The number of nitrogens with zero attached hydrogens (tertiary/aromatic N) is 2. The predicted octanol–water partition coefficient (Wildman–Crippen LogP) is 2.62. The van der Waals surface area contributed by atoms with Gasteiger partial charge in [-0.2, -0.15) is 4.37 Å². The summed E-state index contributed by atoms with van der Waals surface area (Å²) in [5.74, 6) is 1.21. The predicted molar refractivity (Wildman–Crippen MR) is 68.0 cm³/mol. The van der Waals surface area contributed by atoms with Gasteiger partial charge in [-0.05, 0) is 13.3 Å². The number of anilines is 1. The molecule has 1 rings (SSSR count). The van der Waals surface area contributed by atoms with Gasteiger partial charge in [0.2, 0.25) is 5.13 Å². The molecule has 0 bridgehead atoms. The third-order valence-corrected chi connectivity index (χ3v) is 3.05. The lowest BCUT2D eigenvalue weighted by atomic mass is 10.0. The Morgan fingerprint density at radius 3 is 2.69 bits per heavy atom. The van der Waals surface area contributed by atoms with Crippen LogP contribution in [0.25, 0.3) is 0 Å². The van der Waals surface area contributed by atoms with Crippen molar-refractivity contribution in [3.63, 3.8) is 0 Å². The van der Waals surface area contributed by atoms with Crippen molar-refractivity contribution in [1.82, 2.24) is 9.36 Å². The van der Waals surface area contributed by atoms with Gasteiger partial charge in [0.05, 0.1) is 5.60 Å². The van der Waals surface area contributed by atoms with Gasteiger partial charge in [-0.1, -0.05) is 27.2 Å². The first-order valence-electron chi connectivity index (χ1n) is 5.74. The van der Waals surface area contributed by atoms with Crippen molar-refractivity contribution in [3.05, 3.63) is 5.82 Å². The molecule has 92 valence electrons. The van der Waals surface area contributed by atoms with Gasteiger partial charge in [0.25, 0.3) is 0 Å². The molecule has 0 saturated carbocycles. The van der Waals surface area contributed by atoms with Crippen LogP contribution in [0, 0.1) is 0 Å². The van der Waals surface area contributed by atoms with Gasteiger partial charge in [-0.25, -0.2) is 4.98 Å². The summed E-state index contributed by atoms with van der Waals surface area (Å²) < 4.78 is 4.25. The molecule has 1 heterocycles. The lowest BCUT2D eigenvalue weighted by molar-refractivity contribution is 0.0637. The molecule has 0 radical (unpaired) electrons. The Bertz CT molecular complexity index is 323. The largest absolute Gasteiger partial charge is 0.388 e. The Morgan fingerprint density at radius 2 is 2.19 bits per heavy atom. The number of hydrogen-bond donors (Lipinski definition) is 2. The highest BCUT2D eigenvalue weighted by Gasteiger charge is 2.19. The summed E-state index contributed by atoms with van der Waals surface area (Å²) in [6, 6.07) is 0. The summed E-state index contributed by atoms with van der Waals surface area (Å²) in [5, 5.41) is 13.9. The van der Waals surface area contributed by atoms with Crippen LogP contribution in [0.4, 0.5) is 5.13 Å². The SMILES string of the molecule is CCCC(C)(O)CNc1nc(C(C)C)ns1. The van der Waals surface area contributed by atoms with Crippen LogP contribution in [0.3, 0.4) is 0 Å². The zero-order chi connectivity index (χ0) is 12.2. The lowest BCUT2D eigenvalue weighted by Gasteiger charge is -2.22. The van der Waals surface area contributed by atoms with Crippen molar-refractivity contribution < 1.29 is 5.11 Å². The highest BCUT2D eigenvalue weighted by atomic mass is 32.1. The Labute approximate surface area is 101 Å². The van der Waals surface area contributed by atoms with E-state index in [9.17, 15) is 5.11 Å². The molecule has 1 atom stereocenters. The maximum atomic E-state index is 9.99. The Hall–Kier alpha value is -0.680. The number of nitrogens with one attached hydrogen (secondary N) is 1. The first-order valence-corrected chi connectivity index (χ1v) is 6.52. The zero-order valence-electron chi connectivity index (χ0n) is 10.4. The molecule has 0 aliphatic heterocycles. The van der Waals surface area contributed by atoms with E-state index in [2.05, 4.69) is 35.4 Å². The molecule has 4 nitrogen and oxygen atoms in total. The zero-order valence-corrected chi connectivity index (χ0v) is 11.3. The van der Waals surface area contributed by atoms with Crippen molar-refractivity contribution >= 4 is 16.7 Å². The van der Waals surface area contributed by atoms with E-state index >= 15 is 0 Å².